The van der Waals surface area contributed by atoms with Crippen LogP contribution in [0.25, 0.3) is 0 Å². The molecule has 0 aromatic rings. The summed E-state index contributed by atoms with van der Waals surface area (Å²) in [6.07, 6.45) is 3.67. The van der Waals surface area contributed by atoms with Crippen molar-refractivity contribution in [3.63, 3.8) is 0 Å². The van der Waals surface area contributed by atoms with Crippen molar-refractivity contribution in [2.75, 3.05) is 13.3 Å². The first-order valence-corrected chi connectivity index (χ1v) is 7.26. The Bertz CT molecular complexity index is 397. The Hall–Kier alpha value is -0.616. The number of nitrogens with zero attached hydrogens (tertiary/aromatic N) is 4. The molecule has 1 radical (unpaired) electrons. The monoisotopic (exact) mass is 433 g/mol. The third-order valence-corrected chi connectivity index (χ3v) is 2.63. The Labute approximate surface area is 181 Å². The number of amidine groups is 2. The van der Waals surface area contributed by atoms with Crippen LogP contribution < -0.4 is 0 Å². The summed E-state index contributed by atoms with van der Waals surface area (Å²) in [5, 5.41) is 0. The van der Waals surface area contributed by atoms with Crippen LogP contribution in [0.2, 0.25) is 0 Å². The fourth-order valence-corrected chi connectivity index (χ4v) is 1.51. The number of aliphatic imine (C=N–C) groups is 2. The van der Waals surface area contributed by atoms with E-state index in [0.717, 1.165) is 11.7 Å². The van der Waals surface area contributed by atoms with E-state index in [9.17, 15) is 9.59 Å². The Balaban J connectivity index is -0.0000000714. The minimum absolute atomic E-state index is 0. The number of carbonyl (C=O) groups excluding carboxylic acids is 2. The molecule has 0 spiro atoms. The van der Waals surface area contributed by atoms with Gasteiger partial charge < -0.3 is 0 Å². The maximum absolute atomic E-state index is 10.3. The summed E-state index contributed by atoms with van der Waals surface area (Å²) in [4.78, 5) is 31.9. The predicted molar refractivity (Wildman–Crippen MR) is 106 cm³/mol. The van der Waals surface area contributed by atoms with E-state index in [4.69, 9.17) is 0 Å². The van der Waals surface area contributed by atoms with E-state index in [1.54, 1.807) is 9.80 Å². The van der Waals surface area contributed by atoms with Crippen molar-refractivity contribution >= 4 is 23.5 Å². The van der Waals surface area contributed by atoms with Gasteiger partial charge in [-0.15, -0.1) is 0 Å². The molecule has 25 heavy (non-hydrogen) atoms. The summed E-state index contributed by atoms with van der Waals surface area (Å²) in [5.74, 6) is 2.41. The van der Waals surface area contributed by atoms with Crippen LogP contribution in [-0.2, 0) is 42.3 Å². The number of rotatable bonds is 0. The van der Waals surface area contributed by atoms with Crippen LogP contribution in [0, 0.1) is 0 Å². The molecule has 0 aromatic carbocycles. The third kappa shape index (κ3) is 9.59. The zero-order valence-corrected chi connectivity index (χ0v) is 16.3. The van der Waals surface area contributed by atoms with Crippen LogP contribution in [0.3, 0.4) is 0 Å². The molecule has 6 nitrogen and oxygen atoms in total. The van der Waals surface area contributed by atoms with Crippen molar-refractivity contribution in [1.82, 2.24) is 9.80 Å². The molecule has 2 fully saturated rings. The topological polar surface area (TPSA) is 65.3 Å². The van der Waals surface area contributed by atoms with E-state index >= 15 is 0 Å². The average Bonchev–Trinajstić information content (AvgIpc) is 2.35. The van der Waals surface area contributed by atoms with Gasteiger partial charge in [0, 0.05) is 32.7 Å². The predicted octanol–water partition coefficient (Wildman–Crippen LogP) is 4.55. The molecule has 0 N–H and O–H groups in total. The molecule has 0 bridgehead atoms. The summed E-state index contributed by atoms with van der Waals surface area (Å²) < 4.78 is 0. The number of carbonyl (C=O) groups is 2. The zero-order valence-electron chi connectivity index (χ0n) is 13.4. The fourth-order valence-electron chi connectivity index (χ4n) is 1.51. The minimum Gasteiger partial charge on any atom is -0.279 e. The van der Waals surface area contributed by atoms with E-state index in [0.29, 0.717) is 26.2 Å². The summed E-state index contributed by atoms with van der Waals surface area (Å²) in [7, 11) is 0. The second-order valence-corrected chi connectivity index (χ2v) is 4.84. The normalized spacial score (nSPS) is 15.4. The summed E-state index contributed by atoms with van der Waals surface area (Å²) in [6, 6.07) is 0. The molecule has 147 valence electrons. The van der Waals surface area contributed by atoms with Gasteiger partial charge in [-0.1, -0.05) is 70.2 Å². The van der Waals surface area contributed by atoms with Gasteiger partial charge in [-0.3, -0.25) is 19.4 Å². The number of β-lactam (4-membered cyclic amide) rings is 2. The van der Waals surface area contributed by atoms with Crippen molar-refractivity contribution in [2.24, 2.45) is 9.98 Å². The van der Waals surface area contributed by atoms with Crippen LogP contribution in [0.1, 0.15) is 83.1 Å². The van der Waals surface area contributed by atoms with Gasteiger partial charge in [-0.2, -0.15) is 0 Å². The molecule has 0 unspecified atom stereocenters. The van der Waals surface area contributed by atoms with E-state index < -0.39 is 0 Å². The molecule has 2 saturated heterocycles. The Morgan fingerprint density at radius 2 is 0.960 bits per heavy atom. The quantitative estimate of drug-likeness (QED) is 0.526. The molecule has 4 aliphatic heterocycles. The molecule has 4 heterocycles. The summed E-state index contributed by atoms with van der Waals surface area (Å²) in [5.41, 5.74) is 0. The smallest absolute Gasteiger partial charge is 0.237 e. The van der Waals surface area contributed by atoms with E-state index in [2.05, 4.69) is 37.7 Å². The molecular weight excluding hydrogens is 393 g/mol. The van der Waals surface area contributed by atoms with Gasteiger partial charge in [0.15, 0.2) is 0 Å². The van der Waals surface area contributed by atoms with E-state index in [1.165, 1.54) is 12.8 Å². The second kappa shape index (κ2) is 18.2. The van der Waals surface area contributed by atoms with Gasteiger partial charge >= 0.3 is 0 Å². The Morgan fingerprint density at radius 1 is 0.720 bits per heavy atom. The molecule has 0 aromatic heterocycles. The SMILES string of the molecule is C.C.C.C.CCC.CCC.O=C1CC2=NCN12.O=C1CC2=NCN12.[Y]. The Kier molecular flexibility index (Phi) is 25.8. The fraction of sp³-hybridized carbons (Fsp3) is 0.778. The molecule has 0 saturated carbocycles. The molecule has 0 atom stereocenters. The van der Waals surface area contributed by atoms with Gasteiger partial charge in [0.25, 0.3) is 0 Å². The van der Waals surface area contributed by atoms with Crippen molar-refractivity contribution in [3.05, 3.63) is 0 Å². The maximum atomic E-state index is 10.3. The first-order chi connectivity index (χ1) is 9.58. The second-order valence-electron chi connectivity index (χ2n) is 4.84. The van der Waals surface area contributed by atoms with Gasteiger partial charge in [-0.25, -0.2) is 9.98 Å². The van der Waals surface area contributed by atoms with Crippen molar-refractivity contribution < 1.29 is 42.3 Å². The Morgan fingerprint density at radius 3 is 0.960 bits per heavy atom. The molecule has 4 rings (SSSR count). The molecule has 2 amide bonds. The number of hydrogen-bond acceptors (Lipinski definition) is 4. The largest absolute Gasteiger partial charge is 0.279 e. The van der Waals surface area contributed by atoms with Crippen LogP contribution in [-0.4, -0.2) is 46.6 Å². The number of amides is 2. The summed E-state index contributed by atoms with van der Waals surface area (Å²) >= 11 is 0. The molecule has 4 aliphatic rings. The first-order valence-electron chi connectivity index (χ1n) is 7.26. The van der Waals surface area contributed by atoms with Crippen LogP contribution in [0.4, 0.5) is 0 Å². The van der Waals surface area contributed by atoms with Crippen LogP contribution >= 0.6 is 0 Å². The zero-order chi connectivity index (χ0) is 15.1. The third-order valence-electron chi connectivity index (χ3n) is 2.63. The number of hydrogen-bond donors (Lipinski definition) is 0. The van der Waals surface area contributed by atoms with E-state index in [-0.39, 0.29) is 74.2 Å². The van der Waals surface area contributed by atoms with Crippen molar-refractivity contribution in [1.29, 1.82) is 0 Å². The average molecular weight is 433 g/mol. The summed E-state index contributed by atoms with van der Waals surface area (Å²) in [6.45, 7) is 9.74. The van der Waals surface area contributed by atoms with Gasteiger partial charge in [-0.05, 0) is 0 Å². The maximum Gasteiger partial charge on any atom is 0.237 e. The van der Waals surface area contributed by atoms with Gasteiger partial charge in [0.05, 0.1) is 12.8 Å². The first kappa shape index (κ1) is 35.5. The molecule has 0 aliphatic carbocycles. The minimum atomic E-state index is 0. The standard InChI is InChI=1S/2C4H4N2O.2C3H8.4CH4.Y/c2*7-4-1-3-5-2-6(3)4;2*1-3-2;;;;;/h2*1-2H2;2*3H2,1-2H3;4*1H4;. The van der Waals surface area contributed by atoms with Crippen molar-refractivity contribution in [2.45, 2.75) is 83.1 Å². The van der Waals surface area contributed by atoms with Gasteiger partial charge in [0.1, 0.15) is 25.0 Å². The van der Waals surface area contributed by atoms with Crippen molar-refractivity contribution in [3.8, 4) is 0 Å². The molecular formula is C18H40N4O2Y. The molecule has 7 heteroatoms. The number of fused-ring (bicyclic) bond motifs is 2. The van der Waals surface area contributed by atoms with E-state index in [1.807, 2.05) is 0 Å². The van der Waals surface area contributed by atoms with Gasteiger partial charge in [0.2, 0.25) is 11.8 Å². The van der Waals surface area contributed by atoms with Crippen LogP contribution in [0.5, 0.6) is 0 Å². The van der Waals surface area contributed by atoms with Crippen LogP contribution in [0.15, 0.2) is 9.98 Å².